The molecule has 0 aromatic rings. The van der Waals surface area contributed by atoms with Crippen LogP contribution in [0.25, 0.3) is 0 Å². The van der Waals surface area contributed by atoms with Crippen LogP contribution in [0, 0.1) is 11.8 Å². The zero-order chi connectivity index (χ0) is 13.1. The van der Waals surface area contributed by atoms with Gasteiger partial charge in [0, 0.05) is 12.6 Å². The van der Waals surface area contributed by atoms with Gasteiger partial charge in [0.15, 0.2) is 0 Å². The third-order valence-corrected chi connectivity index (χ3v) is 4.19. The maximum absolute atomic E-state index is 12.5. The number of nitrogens with one attached hydrogen (secondary N) is 1. The van der Waals surface area contributed by atoms with Crippen molar-refractivity contribution < 1.29 is 14.7 Å². The summed E-state index contributed by atoms with van der Waals surface area (Å²) in [6.45, 7) is 3.44. The van der Waals surface area contributed by atoms with E-state index in [1.807, 2.05) is 0 Å². The number of nitrogens with zero attached hydrogens (tertiary/aromatic N) is 1. The summed E-state index contributed by atoms with van der Waals surface area (Å²) >= 11 is 0. The van der Waals surface area contributed by atoms with Crippen LogP contribution in [-0.4, -0.2) is 47.6 Å². The second-order valence-corrected chi connectivity index (χ2v) is 5.54. The van der Waals surface area contributed by atoms with E-state index < -0.39 is 5.97 Å². The third-order valence-electron chi connectivity index (χ3n) is 4.19. The van der Waals surface area contributed by atoms with E-state index in [1.54, 1.807) is 4.90 Å². The van der Waals surface area contributed by atoms with Crippen LogP contribution in [0.4, 0.5) is 0 Å². The average Bonchev–Trinajstić information content (AvgIpc) is 2.95. The molecule has 0 radical (unpaired) electrons. The lowest BCUT2D eigenvalue weighted by Crippen LogP contribution is -2.46. The van der Waals surface area contributed by atoms with Gasteiger partial charge < -0.3 is 15.3 Å². The molecular formula is C13H22N2O3. The first-order valence-electron chi connectivity index (χ1n) is 6.82. The highest BCUT2D eigenvalue weighted by molar-refractivity contribution is 5.84. The normalized spacial score (nSPS) is 28.5. The van der Waals surface area contributed by atoms with Crippen LogP contribution in [0.3, 0.4) is 0 Å². The molecule has 0 bridgehead atoms. The molecule has 1 saturated carbocycles. The second-order valence-electron chi connectivity index (χ2n) is 5.54. The maximum Gasteiger partial charge on any atom is 0.323 e. The molecule has 2 rings (SSSR count). The van der Waals surface area contributed by atoms with Crippen molar-refractivity contribution in [2.45, 2.75) is 38.6 Å². The summed E-state index contributed by atoms with van der Waals surface area (Å²) in [7, 11) is 0. The lowest BCUT2D eigenvalue weighted by molar-refractivity contribution is -0.148. The number of amides is 1. The third kappa shape index (κ3) is 2.83. The SMILES string of the molecule is C[C@@H]1CNC[C@H]1C(=O)N(CC(=O)O)C1CCCC1. The molecule has 5 nitrogen and oxygen atoms in total. The predicted molar refractivity (Wildman–Crippen MR) is 67.1 cm³/mol. The Labute approximate surface area is 108 Å². The van der Waals surface area contributed by atoms with Crippen molar-refractivity contribution in [3.8, 4) is 0 Å². The number of carboxylic acids is 1. The van der Waals surface area contributed by atoms with E-state index in [2.05, 4.69) is 12.2 Å². The number of aliphatic carboxylic acids is 1. The fourth-order valence-electron chi connectivity index (χ4n) is 3.10. The fourth-order valence-corrected chi connectivity index (χ4v) is 3.10. The highest BCUT2D eigenvalue weighted by Gasteiger charge is 2.37. The van der Waals surface area contributed by atoms with Gasteiger partial charge in [-0.05, 0) is 25.3 Å². The lowest BCUT2D eigenvalue weighted by atomic mass is 9.95. The van der Waals surface area contributed by atoms with Crippen LogP contribution in [-0.2, 0) is 9.59 Å². The molecule has 1 saturated heterocycles. The lowest BCUT2D eigenvalue weighted by Gasteiger charge is -2.30. The van der Waals surface area contributed by atoms with Crippen LogP contribution in [0.15, 0.2) is 0 Å². The zero-order valence-corrected chi connectivity index (χ0v) is 10.9. The Balaban J connectivity index is 2.06. The van der Waals surface area contributed by atoms with Gasteiger partial charge in [-0.3, -0.25) is 9.59 Å². The number of carbonyl (C=O) groups excluding carboxylic acids is 1. The van der Waals surface area contributed by atoms with Crippen LogP contribution < -0.4 is 5.32 Å². The molecule has 1 aliphatic heterocycles. The highest BCUT2D eigenvalue weighted by Crippen LogP contribution is 2.27. The van der Waals surface area contributed by atoms with Crippen molar-refractivity contribution in [2.24, 2.45) is 11.8 Å². The van der Waals surface area contributed by atoms with Crippen LogP contribution in [0.1, 0.15) is 32.6 Å². The van der Waals surface area contributed by atoms with Gasteiger partial charge in [-0.25, -0.2) is 0 Å². The quantitative estimate of drug-likeness (QED) is 0.774. The monoisotopic (exact) mass is 254 g/mol. The number of hydrogen-bond acceptors (Lipinski definition) is 3. The minimum Gasteiger partial charge on any atom is -0.480 e. The Morgan fingerprint density at radius 2 is 1.94 bits per heavy atom. The van der Waals surface area contributed by atoms with E-state index in [0.29, 0.717) is 12.5 Å². The van der Waals surface area contributed by atoms with Gasteiger partial charge in [-0.15, -0.1) is 0 Å². The molecule has 18 heavy (non-hydrogen) atoms. The van der Waals surface area contributed by atoms with Gasteiger partial charge >= 0.3 is 5.97 Å². The van der Waals surface area contributed by atoms with E-state index >= 15 is 0 Å². The first-order valence-corrected chi connectivity index (χ1v) is 6.82. The Kier molecular flexibility index (Phi) is 4.22. The van der Waals surface area contributed by atoms with Gasteiger partial charge in [0.25, 0.3) is 0 Å². The van der Waals surface area contributed by atoms with Gasteiger partial charge in [0.1, 0.15) is 6.54 Å². The fraction of sp³-hybridized carbons (Fsp3) is 0.846. The van der Waals surface area contributed by atoms with Gasteiger partial charge in [-0.2, -0.15) is 0 Å². The first-order chi connectivity index (χ1) is 8.59. The molecule has 1 amide bonds. The van der Waals surface area contributed by atoms with E-state index in [-0.39, 0.29) is 24.4 Å². The summed E-state index contributed by atoms with van der Waals surface area (Å²) in [5, 5.41) is 12.2. The second kappa shape index (κ2) is 5.69. The predicted octanol–water partition coefficient (Wildman–Crippen LogP) is 0.698. The van der Waals surface area contributed by atoms with E-state index in [1.165, 1.54) is 0 Å². The molecule has 2 fully saturated rings. The summed E-state index contributed by atoms with van der Waals surface area (Å²) in [5.74, 6) is -0.629. The van der Waals surface area contributed by atoms with Gasteiger partial charge in [-0.1, -0.05) is 19.8 Å². The topological polar surface area (TPSA) is 69.6 Å². The summed E-state index contributed by atoms with van der Waals surface area (Å²) in [6.07, 6.45) is 4.11. The summed E-state index contributed by atoms with van der Waals surface area (Å²) < 4.78 is 0. The Bertz CT molecular complexity index is 326. The Hall–Kier alpha value is -1.10. The highest BCUT2D eigenvalue weighted by atomic mass is 16.4. The number of carbonyl (C=O) groups is 2. The zero-order valence-electron chi connectivity index (χ0n) is 10.9. The molecule has 1 heterocycles. The molecule has 0 aromatic heterocycles. The first kappa shape index (κ1) is 13.3. The van der Waals surface area contributed by atoms with Crippen molar-refractivity contribution in [3.05, 3.63) is 0 Å². The molecule has 2 aliphatic rings. The number of hydrogen-bond donors (Lipinski definition) is 2. The van der Waals surface area contributed by atoms with E-state index in [9.17, 15) is 9.59 Å². The average molecular weight is 254 g/mol. The number of carboxylic acid groups (broad SMARTS) is 1. The van der Waals surface area contributed by atoms with Crippen LogP contribution in [0.2, 0.25) is 0 Å². The van der Waals surface area contributed by atoms with Gasteiger partial charge in [0.2, 0.25) is 5.91 Å². The molecule has 102 valence electrons. The van der Waals surface area contributed by atoms with Crippen LogP contribution in [0.5, 0.6) is 0 Å². The smallest absolute Gasteiger partial charge is 0.323 e. The minimum absolute atomic E-state index is 0.0294. The van der Waals surface area contributed by atoms with Crippen LogP contribution >= 0.6 is 0 Å². The summed E-state index contributed by atoms with van der Waals surface area (Å²) in [4.78, 5) is 25.1. The standard InChI is InChI=1S/C13H22N2O3/c1-9-6-14-7-11(9)13(18)15(8-12(16)17)10-4-2-3-5-10/h9-11,14H,2-8H2,1H3,(H,16,17)/t9-,11-/m1/s1. The van der Waals surface area contributed by atoms with Crippen molar-refractivity contribution in [2.75, 3.05) is 19.6 Å². The Morgan fingerprint density at radius 3 is 2.44 bits per heavy atom. The summed E-state index contributed by atoms with van der Waals surface area (Å²) in [5.41, 5.74) is 0. The number of rotatable bonds is 4. The largest absolute Gasteiger partial charge is 0.480 e. The van der Waals surface area contributed by atoms with Crippen molar-refractivity contribution >= 4 is 11.9 Å². The van der Waals surface area contributed by atoms with Crippen molar-refractivity contribution in [1.29, 1.82) is 0 Å². The maximum atomic E-state index is 12.5. The molecule has 5 heteroatoms. The Morgan fingerprint density at radius 1 is 1.28 bits per heavy atom. The minimum atomic E-state index is -0.908. The molecule has 2 N–H and O–H groups in total. The molecule has 2 atom stereocenters. The van der Waals surface area contributed by atoms with Crippen molar-refractivity contribution in [1.82, 2.24) is 10.2 Å². The van der Waals surface area contributed by atoms with E-state index in [0.717, 1.165) is 32.2 Å². The van der Waals surface area contributed by atoms with Crippen molar-refractivity contribution in [3.63, 3.8) is 0 Å². The molecule has 1 aliphatic carbocycles. The van der Waals surface area contributed by atoms with E-state index in [4.69, 9.17) is 5.11 Å². The summed E-state index contributed by atoms with van der Waals surface area (Å²) in [6, 6.07) is 0.140. The molecule has 0 aromatic carbocycles. The molecule has 0 unspecified atom stereocenters. The van der Waals surface area contributed by atoms with Gasteiger partial charge in [0.05, 0.1) is 5.92 Å². The molecular weight excluding hydrogens is 232 g/mol. The molecule has 0 spiro atoms.